The Hall–Kier alpha value is -1.22. The van der Waals surface area contributed by atoms with Crippen molar-refractivity contribution in [3.63, 3.8) is 0 Å². The van der Waals surface area contributed by atoms with Gasteiger partial charge in [0.2, 0.25) is 0 Å². The normalized spacial score (nSPS) is 19.4. The molecule has 0 aromatic heterocycles. The summed E-state index contributed by atoms with van der Waals surface area (Å²) in [6.07, 6.45) is 6.25. The topological polar surface area (TPSA) is 0 Å². The van der Waals surface area contributed by atoms with Gasteiger partial charge in [-0.15, -0.1) is 0 Å². The van der Waals surface area contributed by atoms with Crippen molar-refractivity contribution in [2.45, 2.75) is 37.7 Å². The van der Waals surface area contributed by atoms with Crippen LogP contribution in [0.25, 0.3) is 17.2 Å². The van der Waals surface area contributed by atoms with Gasteiger partial charge in [-0.25, -0.2) is 0 Å². The second-order valence-corrected chi connectivity index (χ2v) is 6.67. The third-order valence-electron chi connectivity index (χ3n) is 5.41. The average Bonchev–Trinajstić information content (AvgIpc) is 3.04. The molecule has 21 heavy (non-hydrogen) atoms. The van der Waals surface area contributed by atoms with Gasteiger partial charge in [0.25, 0.3) is 0 Å². The Bertz CT molecular complexity index is 768. The second kappa shape index (κ2) is 4.91. The Labute approximate surface area is 136 Å². The van der Waals surface area contributed by atoms with Crippen molar-refractivity contribution in [2.24, 2.45) is 0 Å². The number of hydrogen-bond acceptors (Lipinski definition) is 0. The zero-order valence-corrected chi connectivity index (χ0v) is 13.2. The number of fused-ring (bicyclic) bond motifs is 2. The van der Waals surface area contributed by atoms with E-state index in [0.29, 0.717) is 4.59 Å². The molecule has 0 saturated carbocycles. The molecule has 4 rings (SSSR count). The van der Waals surface area contributed by atoms with Gasteiger partial charge in [0.05, 0.1) is 0 Å². The summed E-state index contributed by atoms with van der Waals surface area (Å²) < 4.78 is 0.577. The number of allylic oxidation sites excluding steroid dienone is 1. The Balaban J connectivity index is 2.07. The van der Waals surface area contributed by atoms with Crippen molar-refractivity contribution < 1.29 is 0 Å². The van der Waals surface area contributed by atoms with Crippen LogP contribution in [0.2, 0.25) is 0 Å². The first-order valence-corrected chi connectivity index (χ1v) is 8.09. The standard InChI is InChI=1S/C20H19.Li/c1-13-10-16-12-15-7-5-9-18(15)20(19(16)11-13)17-8-4-3-6-14(17)2;/h3-4,6,8,10-12H,5,7,9H2,1-2H3;. The average molecular weight is 266 g/mol. The molecule has 1 unspecified atom stereocenters. The Kier molecular flexibility index (Phi) is 3.14. The molecular weight excluding hydrogens is 247 g/mol. The predicted molar refractivity (Wildman–Crippen MR) is 90.8 cm³/mol. The van der Waals surface area contributed by atoms with Gasteiger partial charge in [-0.05, 0) is 0 Å². The van der Waals surface area contributed by atoms with Crippen LogP contribution in [-0.4, -0.2) is 17.7 Å². The molecule has 0 spiro atoms. The van der Waals surface area contributed by atoms with Crippen LogP contribution in [0.4, 0.5) is 0 Å². The number of hydrogen-bond donors (Lipinski definition) is 0. The van der Waals surface area contributed by atoms with Crippen LogP contribution in [0.15, 0.2) is 35.9 Å². The molecule has 2 aromatic carbocycles. The van der Waals surface area contributed by atoms with Crippen LogP contribution in [0, 0.1) is 6.92 Å². The van der Waals surface area contributed by atoms with E-state index in [9.17, 15) is 0 Å². The van der Waals surface area contributed by atoms with E-state index in [0.717, 1.165) is 0 Å². The van der Waals surface area contributed by atoms with Crippen molar-refractivity contribution in [1.29, 1.82) is 0 Å². The fraction of sp³-hybridized carbons (Fsp3) is 0.300. The summed E-state index contributed by atoms with van der Waals surface area (Å²) in [5, 5.41) is 0. The molecular formula is C20H19Li. The molecule has 0 amide bonds. The van der Waals surface area contributed by atoms with Gasteiger partial charge < -0.3 is 0 Å². The number of rotatable bonds is 1. The van der Waals surface area contributed by atoms with Crippen molar-refractivity contribution in [1.82, 2.24) is 0 Å². The number of benzene rings is 2. The Morgan fingerprint density at radius 2 is 1.90 bits per heavy atom. The molecule has 0 radical (unpaired) electrons. The predicted octanol–water partition coefficient (Wildman–Crippen LogP) is 4.78. The van der Waals surface area contributed by atoms with E-state index in [-0.39, 0.29) is 0 Å². The first-order chi connectivity index (χ1) is 10.2. The van der Waals surface area contributed by atoms with Crippen LogP contribution in [0.5, 0.6) is 0 Å². The maximum atomic E-state index is 2.50. The summed E-state index contributed by atoms with van der Waals surface area (Å²) >= 11 is 2.35. The summed E-state index contributed by atoms with van der Waals surface area (Å²) in [5.41, 5.74) is 12.1. The molecule has 0 nitrogen and oxygen atoms in total. The summed E-state index contributed by atoms with van der Waals surface area (Å²) in [6, 6.07) is 11.4. The van der Waals surface area contributed by atoms with Gasteiger partial charge in [-0.3, -0.25) is 0 Å². The third kappa shape index (κ3) is 1.97. The van der Waals surface area contributed by atoms with Crippen LogP contribution in [0.1, 0.15) is 45.8 Å². The zero-order chi connectivity index (χ0) is 14.6. The maximum absolute atomic E-state index is 2.50. The van der Waals surface area contributed by atoms with Crippen LogP contribution >= 0.6 is 0 Å². The van der Waals surface area contributed by atoms with Crippen molar-refractivity contribution >= 4 is 23.8 Å². The molecule has 2 aromatic rings. The fourth-order valence-corrected chi connectivity index (χ4v) is 4.06. The van der Waals surface area contributed by atoms with E-state index in [1.165, 1.54) is 47.1 Å². The third-order valence-corrected chi connectivity index (χ3v) is 5.41. The monoisotopic (exact) mass is 266 g/mol. The van der Waals surface area contributed by atoms with Gasteiger partial charge in [-0.1, -0.05) is 0 Å². The molecule has 0 heterocycles. The summed E-state index contributed by atoms with van der Waals surface area (Å²) in [5.74, 6) is 0. The summed E-state index contributed by atoms with van der Waals surface area (Å²) in [7, 11) is 0. The van der Waals surface area contributed by atoms with E-state index in [1.54, 1.807) is 16.7 Å². The van der Waals surface area contributed by atoms with Gasteiger partial charge in [0, 0.05) is 0 Å². The molecule has 2 aliphatic carbocycles. The summed E-state index contributed by atoms with van der Waals surface area (Å²) in [6.45, 7) is 4.52. The van der Waals surface area contributed by atoms with Gasteiger partial charge in [0.1, 0.15) is 0 Å². The van der Waals surface area contributed by atoms with Gasteiger partial charge in [0.15, 0.2) is 0 Å². The molecule has 0 aliphatic heterocycles. The minimum absolute atomic E-state index is 0.577. The van der Waals surface area contributed by atoms with Crippen molar-refractivity contribution in [3.05, 3.63) is 63.7 Å². The van der Waals surface area contributed by atoms with Crippen molar-refractivity contribution in [2.75, 3.05) is 0 Å². The van der Waals surface area contributed by atoms with Gasteiger partial charge >= 0.3 is 136 Å². The Morgan fingerprint density at radius 3 is 2.71 bits per heavy atom. The van der Waals surface area contributed by atoms with E-state index >= 15 is 0 Å². The fourth-order valence-electron chi connectivity index (χ4n) is 4.06. The van der Waals surface area contributed by atoms with Crippen LogP contribution < -0.4 is 0 Å². The number of aryl methyl sites for hydroxylation is 2. The zero-order valence-electron chi connectivity index (χ0n) is 13.2. The summed E-state index contributed by atoms with van der Waals surface area (Å²) in [4.78, 5) is 0. The molecule has 0 bridgehead atoms. The first-order valence-electron chi connectivity index (χ1n) is 8.09. The second-order valence-electron chi connectivity index (χ2n) is 6.67. The Morgan fingerprint density at radius 1 is 1.10 bits per heavy atom. The van der Waals surface area contributed by atoms with Crippen LogP contribution in [-0.2, 0) is 12.8 Å². The van der Waals surface area contributed by atoms with Crippen LogP contribution in [0.3, 0.4) is 0 Å². The minimum atomic E-state index is 0.577. The van der Waals surface area contributed by atoms with Gasteiger partial charge in [-0.2, -0.15) is 0 Å². The molecule has 1 atom stereocenters. The molecule has 1 heteroatoms. The molecule has 0 fully saturated rings. The first kappa shape index (κ1) is 13.4. The molecule has 0 N–H and O–H groups in total. The van der Waals surface area contributed by atoms with Crippen molar-refractivity contribution in [3.8, 4) is 11.1 Å². The molecule has 0 saturated heterocycles. The van der Waals surface area contributed by atoms with E-state index in [4.69, 9.17) is 0 Å². The quantitative estimate of drug-likeness (QED) is 0.652. The molecule has 100 valence electrons. The van der Waals surface area contributed by atoms with E-state index in [2.05, 4.69) is 68.0 Å². The SMILES string of the molecule is [Li][CH]1C(C)=Cc2c1cc1c(c2-c2ccccc2C)CCC1. The molecule has 2 aliphatic rings. The van der Waals surface area contributed by atoms with E-state index < -0.39 is 0 Å². The van der Waals surface area contributed by atoms with E-state index in [1.807, 2.05) is 0 Å².